The molecule has 0 amide bonds. The highest BCUT2D eigenvalue weighted by atomic mass is 28.3. The molecule has 0 aliphatic carbocycles. The molecule has 1 saturated heterocycles. The van der Waals surface area contributed by atoms with Crippen LogP contribution in [0.4, 0.5) is 0 Å². The van der Waals surface area contributed by atoms with Crippen LogP contribution in [0.5, 0.6) is 0 Å². The van der Waals surface area contributed by atoms with Crippen LogP contribution < -0.4 is 5.73 Å². The summed E-state index contributed by atoms with van der Waals surface area (Å²) in [6.07, 6.45) is 1.17. The predicted molar refractivity (Wildman–Crippen MR) is 82.8 cm³/mol. The summed E-state index contributed by atoms with van der Waals surface area (Å²) < 4.78 is 5.55. The third kappa shape index (κ3) is 4.42. The molecule has 19 heavy (non-hydrogen) atoms. The fourth-order valence-electron chi connectivity index (χ4n) is 2.65. The molecule has 0 spiro atoms. The first-order valence-electron chi connectivity index (χ1n) is 7.07. The molecule has 1 aliphatic rings. The highest BCUT2D eigenvalue weighted by Crippen LogP contribution is 2.18. The van der Waals surface area contributed by atoms with Gasteiger partial charge in [-0.3, -0.25) is 4.90 Å². The molecule has 0 radical (unpaired) electrons. The minimum Gasteiger partial charge on any atom is -0.378 e. The third-order valence-corrected chi connectivity index (χ3v) is 4.82. The molecule has 0 bridgehead atoms. The van der Waals surface area contributed by atoms with E-state index in [2.05, 4.69) is 54.9 Å². The summed E-state index contributed by atoms with van der Waals surface area (Å²) in [7, 11) is -1.16. The summed E-state index contributed by atoms with van der Waals surface area (Å²) in [5.74, 6) is 0. The largest absolute Gasteiger partial charge is 0.378 e. The molecule has 0 aromatic heterocycles. The number of benzene rings is 1. The topological polar surface area (TPSA) is 38.5 Å². The van der Waals surface area contributed by atoms with Gasteiger partial charge in [-0.05, 0) is 11.7 Å². The van der Waals surface area contributed by atoms with Crippen LogP contribution in [-0.4, -0.2) is 44.4 Å². The van der Waals surface area contributed by atoms with Crippen molar-refractivity contribution in [1.29, 1.82) is 0 Å². The summed E-state index contributed by atoms with van der Waals surface area (Å²) in [5.41, 5.74) is 7.56. The maximum absolute atomic E-state index is 6.20. The van der Waals surface area contributed by atoms with Crippen LogP contribution in [0.15, 0.2) is 30.3 Å². The lowest BCUT2D eigenvalue weighted by atomic mass is 10.1. The Balaban J connectivity index is 2.10. The minimum absolute atomic E-state index is 0.153. The highest BCUT2D eigenvalue weighted by molar-refractivity contribution is 6.76. The molecular weight excluding hydrogens is 252 g/mol. The summed E-state index contributed by atoms with van der Waals surface area (Å²) in [6, 6.07) is 11.2. The molecule has 4 heteroatoms. The Kier molecular flexibility index (Phi) is 4.79. The summed E-state index contributed by atoms with van der Waals surface area (Å²) in [5, 5.41) is 0. The lowest BCUT2D eigenvalue weighted by Crippen LogP contribution is -2.52. The van der Waals surface area contributed by atoms with E-state index in [9.17, 15) is 0 Å². The normalized spacial score (nSPS) is 24.1. The van der Waals surface area contributed by atoms with Crippen molar-refractivity contribution in [2.75, 3.05) is 19.4 Å². The lowest BCUT2D eigenvalue weighted by Gasteiger charge is -2.34. The van der Waals surface area contributed by atoms with Crippen molar-refractivity contribution in [3.63, 3.8) is 0 Å². The molecule has 1 heterocycles. The van der Waals surface area contributed by atoms with Gasteiger partial charge in [-0.25, -0.2) is 0 Å². The van der Waals surface area contributed by atoms with E-state index in [1.807, 2.05) is 0 Å². The fourth-order valence-corrected chi connectivity index (χ4v) is 4.22. The lowest BCUT2D eigenvalue weighted by molar-refractivity contribution is 0.150. The maximum Gasteiger partial charge on any atom is 0.0638 e. The Bertz CT molecular complexity index is 391. The van der Waals surface area contributed by atoms with Gasteiger partial charge in [0.05, 0.1) is 27.3 Å². The molecule has 2 unspecified atom stereocenters. The minimum atomic E-state index is -1.16. The van der Waals surface area contributed by atoms with Crippen molar-refractivity contribution in [3.8, 4) is 0 Å². The van der Waals surface area contributed by atoms with E-state index in [4.69, 9.17) is 10.5 Å². The Hall–Kier alpha value is -0.683. The van der Waals surface area contributed by atoms with Crippen molar-refractivity contribution in [2.24, 2.45) is 5.73 Å². The van der Waals surface area contributed by atoms with Gasteiger partial charge >= 0.3 is 0 Å². The average molecular weight is 278 g/mol. The Morgan fingerprint density at radius 2 is 1.89 bits per heavy atom. The number of nitrogens with zero attached hydrogens (tertiary/aromatic N) is 1. The fraction of sp³-hybridized carbons (Fsp3) is 0.600. The van der Waals surface area contributed by atoms with Crippen LogP contribution in [0.25, 0.3) is 0 Å². The molecule has 2 N–H and O–H groups in total. The predicted octanol–water partition coefficient (Wildman–Crippen LogP) is 2.09. The van der Waals surface area contributed by atoms with Gasteiger partial charge in [-0.15, -0.1) is 0 Å². The van der Waals surface area contributed by atoms with Crippen molar-refractivity contribution in [3.05, 3.63) is 35.9 Å². The van der Waals surface area contributed by atoms with Crippen LogP contribution in [-0.2, 0) is 11.3 Å². The number of hydrogen-bond donors (Lipinski definition) is 1. The second-order valence-corrected chi connectivity index (χ2v) is 12.2. The van der Waals surface area contributed by atoms with Gasteiger partial charge in [0, 0.05) is 12.6 Å². The molecule has 3 nitrogen and oxygen atoms in total. The van der Waals surface area contributed by atoms with Gasteiger partial charge < -0.3 is 10.5 Å². The number of nitrogens with two attached hydrogens (primary N) is 1. The van der Waals surface area contributed by atoms with E-state index in [0.717, 1.165) is 13.2 Å². The van der Waals surface area contributed by atoms with Gasteiger partial charge in [0.1, 0.15) is 0 Å². The van der Waals surface area contributed by atoms with E-state index in [-0.39, 0.29) is 6.04 Å². The molecule has 106 valence electrons. The third-order valence-electron chi connectivity index (χ3n) is 3.47. The van der Waals surface area contributed by atoms with Crippen molar-refractivity contribution < 1.29 is 4.74 Å². The van der Waals surface area contributed by atoms with E-state index in [0.29, 0.717) is 12.6 Å². The van der Waals surface area contributed by atoms with E-state index < -0.39 is 8.07 Å². The quantitative estimate of drug-likeness (QED) is 0.838. The standard InChI is InChI=1S/C15H26N2OSi/c1-19(2,3)12-17(15-11-18-10-14(15)16)9-13-7-5-4-6-8-13/h4-8,14-15H,9-12,16H2,1-3H3. The van der Waals surface area contributed by atoms with Gasteiger partial charge in [0.2, 0.25) is 0 Å². The molecule has 1 aromatic rings. The van der Waals surface area contributed by atoms with Gasteiger partial charge in [0.15, 0.2) is 0 Å². The van der Waals surface area contributed by atoms with Crippen molar-refractivity contribution in [1.82, 2.24) is 4.90 Å². The van der Waals surface area contributed by atoms with Crippen LogP contribution in [0, 0.1) is 0 Å². The maximum atomic E-state index is 6.20. The summed E-state index contributed by atoms with van der Waals surface area (Å²) in [4.78, 5) is 2.54. The zero-order chi connectivity index (χ0) is 13.9. The molecule has 2 atom stereocenters. The SMILES string of the molecule is C[Si](C)(C)CN(Cc1ccccc1)C1COCC1N. The van der Waals surface area contributed by atoms with Gasteiger partial charge in [-0.2, -0.15) is 0 Å². The number of rotatable bonds is 5. The number of hydrogen-bond acceptors (Lipinski definition) is 3. The van der Waals surface area contributed by atoms with Crippen LogP contribution in [0.2, 0.25) is 19.6 Å². The highest BCUT2D eigenvalue weighted by Gasteiger charge is 2.32. The van der Waals surface area contributed by atoms with E-state index >= 15 is 0 Å². The monoisotopic (exact) mass is 278 g/mol. The Morgan fingerprint density at radius 1 is 1.21 bits per heavy atom. The van der Waals surface area contributed by atoms with Crippen LogP contribution >= 0.6 is 0 Å². The Labute approximate surface area is 117 Å². The molecule has 1 aliphatic heterocycles. The molecule has 1 fully saturated rings. The van der Waals surface area contributed by atoms with E-state index in [1.165, 1.54) is 11.7 Å². The van der Waals surface area contributed by atoms with Crippen molar-refractivity contribution in [2.45, 2.75) is 38.3 Å². The molecular formula is C15H26N2OSi. The summed E-state index contributed by atoms with van der Waals surface area (Å²) >= 11 is 0. The first kappa shape index (κ1) is 14.7. The van der Waals surface area contributed by atoms with Crippen molar-refractivity contribution >= 4 is 8.07 Å². The average Bonchev–Trinajstić information content (AvgIpc) is 2.74. The molecule has 1 aromatic carbocycles. The molecule has 0 saturated carbocycles. The van der Waals surface area contributed by atoms with E-state index in [1.54, 1.807) is 0 Å². The second-order valence-electron chi connectivity index (χ2n) is 6.72. The van der Waals surface area contributed by atoms with Gasteiger partial charge in [0.25, 0.3) is 0 Å². The summed E-state index contributed by atoms with van der Waals surface area (Å²) in [6.45, 7) is 9.68. The Morgan fingerprint density at radius 3 is 2.42 bits per heavy atom. The smallest absolute Gasteiger partial charge is 0.0638 e. The van der Waals surface area contributed by atoms with Gasteiger partial charge in [-0.1, -0.05) is 50.0 Å². The van der Waals surface area contributed by atoms with Crippen LogP contribution in [0.1, 0.15) is 5.56 Å². The van der Waals surface area contributed by atoms with Crippen LogP contribution in [0.3, 0.4) is 0 Å². The zero-order valence-corrected chi connectivity index (χ0v) is 13.3. The first-order chi connectivity index (χ1) is 8.96. The molecule has 2 rings (SSSR count). The first-order valence-corrected chi connectivity index (χ1v) is 10.8. The second kappa shape index (κ2) is 6.18. The number of ether oxygens (including phenoxy) is 1. The zero-order valence-electron chi connectivity index (χ0n) is 12.3.